The molecular weight excluding hydrogens is 377 g/mol. The van der Waals surface area contributed by atoms with Crippen molar-refractivity contribution in [2.75, 3.05) is 13.1 Å². The second kappa shape index (κ2) is 5.83. The molecule has 1 saturated heterocycles. The molecule has 0 aliphatic carbocycles. The number of fused-ring (bicyclic) bond motifs is 1. The summed E-state index contributed by atoms with van der Waals surface area (Å²) in [5.41, 5.74) is -4.24. The van der Waals surface area contributed by atoms with Gasteiger partial charge in [-0.15, -0.1) is 0 Å². The number of alkyl halides is 3. The maximum atomic E-state index is 14.0. The first-order chi connectivity index (χ1) is 12.0. The first-order valence-corrected chi connectivity index (χ1v) is 7.98. The summed E-state index contributed by atoms with van der Waals surface area (Å²) < 4.78 is 43.3. The molecule has 0 radical (unpaired) electrons. The van der Waals surface area contributed by atoms with Gasteiger partial charge in [-0.1, -0.05) is 11.6 Å². The number of amides is 1. The lowest BCUT2D eigenvalue weighted by Crippen LogP contribution is -2.54. The fourth-order valence-electron chi connectivity index (χ4n) is 3.24. The number of rotatable bonds is 1. The van der Waals surface area contributed by atoms with E-state index < -0.39 is 41.7 Å². The SMILES string of the molecule is CC(=O)N1CCC(n2cc3c(Cl)nn(C)c(=O)c3cc2=O)(C(F)(F)F)C1. The van der Waals surface area contributed by atoms with Crippen LogP contribution in [0.2, 0.25) is 5.15 Å². The van der Waals surface area contributed by atoms with Crippen LogP contribution >= 0.6 is 11.6 Å². The highest BCUT2D eigenvalue weighted by Crippen LogP contribution is 2.43. The van der Waals surface area contributed by atoms with Crippen LogP contribution < -0.4 is 11.1 Å². The summed E-state index contributed by atoms with van der Waals surface area (Å²) in [4.78, 5) is 37.1. The van der Waals surface area contributed by atoms with E-state index in [-0.39, 0.29) is 22.5 Å². The van der Waals surface area contributed by atoms with Crippen LogP contribution in [0.4, 0.5) is 13.2 Å². The Morgan fingerprint density at radius 2 is 1.96 bits per heavy atom. The summed E-state index contributed by atoms with van der Waals surface area (Å²) in [6.45, 7) is 0.342. The lowest BCUT2D eigenvalue weighted by molar-refractivity contribution is -0.211. The summed E-state index contributed by atoms with van der Waals surface area (Å²) in [5, 5.41) is 3.36. The number of carbonyl (C=O) groups excluding carboxylic acids is 1. The van der Waals surface area contributed by atoms with Crippen LogP contribution in [0.5, 0.6) is 0 Å². The second-order valence-electron chi connectivity index (χ2n) is 6.25. The fourth-order valence-corrected chi connectivity index (χ4v) is 3.51. The molecule has 0 bridgehead atoms. The van der Waals surface area contributed by atoms with Crippen LogP contribution in [-0.2, 0) is 17.4 Å². The molecule has 3 heterocycles. The molecule has 2 aromatic heterocycles. The summed E-state index contributed by atoms with van der Waals surface area (Å²) in [6, 6.07) is 0.829. The number of aromatic nitrogens is 3. The number of likely N-dealkylation sites (tertiary alicyclic amines) is 1. The molecule has 3 rings (SSSR count). The van der Waals surface area contributed by atoms with E-state index in [1.165, 1.54) is 14.0 Å². The zero-order valence-corrected chi connectivity index (χ0v) is 14.6. The van der Waals surface area contributed by atoms with Crippen molar-refractivity contribution in [3.63, 3.8) is 0 Å². The Kier molecular flexibility index (Phi) is 4.13. The van der Waals surface area contributed by atoms with E-state index in [2.05, 4.69) is 5.10 Å². The van der Waals surface area contributed by atoms with Crippen LogP contribution in [0, 0.1) is 0 Å². The van der Waals surface area contributed by atoms with Gasteiger partial charge in [-0.25, -0.2) is 4.68 Å². The molecule has 1 aliphatic rings. The van der Waals surface area contributed by atoms with Crippen molar-refractivity contribution in [3.8, 4) is 0 Å². The van der Waals surface area contributed by atoms with E-state index in [0.717, 1.165) is 21.8 Å². The Labute approximate surface area is 149 Å². The van der Waals surface area contributed by atoms with Gasteiger partial charge in [0.1, 0.15) is 0 Å². The van der Waals surface area contributed by atoms with Gasteiger partial charge in [0.05, 0.1) is 11.9 Å². The number of hydrogen-bond donors (Lipinski definition) is 0. The molecule has 7 nitrogen and oxygen atoms in total. The van der Waals surface area contributed by atoms with E-state index >= 15 is 0 Å². The molecule has 0 spiro atoms. The molecule has 1 unspecified atom stereocenters. The normalized spacial score (nSPS) is 20.8. The molecule has 0 aromatic carbocycles. The first-order valence-electron chi connectivity index (χ1n) is 7.60. The number of carbonyl (C=O) groups is 1. The summed E-state index contributed by atoms with van der Waals surface area (Å²) >= 11 is 5.97. The van der Waals surface area contributed by atoms with Gasteiger partial charge >= 0.3 is 6.18 Å². The number of nitrogens with zero attached hydrogens (tertiary/aromatic N) is 4. The van der Waals surface area contributed by atoms with Gasteiger partial charge in [0.2, 0.25) is 5.91 Å². The highest BCUT2D eigenvalue weighted by atomic mass is 35.5. The first kappa shape index (κ1) is 18.4. The molecule has 1 amide bonds. The summed E-state index contributed by atoms with van der Waals surface area (Å²) in [5.74, 6) is -0.515. The Morgan fingerprint density at radius 1 is 1.31 bits per heavy atom. The van der Waals surface area contributed by atoms with Crippen LogP contribution in [-0.4, -0.2) is 44.4 Å². The Hall–Kier alpha value is -2.36. The molecule has 2 aromatic rings. The second-order valence-corrected chi connectivity index (χ2v) is 6.61. The van der Waals surface area contributed by atoms with Gasteiger partial charge in [0.15, 0.2) is 10.7 Å². The van der Waals surface area contributed by atoms with Gasteiger partial charge in [0.25, 0.3) is 11.1 Å². The smallest absolute Gasteiger partial charge is 0.340 e. The van der Waals surface area contributed by atoms with E-state index in [1.54, 1.807) is 0 Å². The largest absolute Gasteiger partial charge is 0.413 e. The molecule has 0 N–H and O–H groups in total. The minimum absolute atomic E-state index is 0.0562. The van der Waals surface area contributed by atoms with Crippen molar-refractivity contribution in [1.29, 1.82) is 0 Å². The van der Waals surface area contributed by atoms with E-state index in [0.29, 0.717) is 4.57 Å². The Morgan fingerprint density at radius 3 is 2.50 bits per heavy atom. The van der Waals surface area contributed by atoms with Gasteiger partial charge < -0.3 is 4.90 Å². The third kappa shape index (κ3) is 2.59. The lowest BCUT2D eigenvalue weighted by Gasteiger charge is -2.33. The van der Waals surface area contributed by atoms with Crippen molar-refractivity contribution in [1.82, 2.24) is 19.2 Å². The average Bonchev–Trinajstić information content (AvgIpc) is 2.99. The average molecular weight is 391 g/mol. The summed E-state index contributed by atoms with van der Waals surface area (Å²) in [6.07, 6.45) is -4.36. The van der Waals surface area contributed by atoms with E-state index in [1.807, 2.05) is 0 Å². The molecule has 1 fully saturated rings. The van der Waals surface area contributed by atoms with Crippen molar-refractivity contribution < 1.29 is 18.0 Å². The van der Waals surface area contributed by atoms with Crippen LogP contribution in [0.1, 0.15) is 13.3 Å². The predicted molar refractivity (Wildman–Crippen MR) is 87.2 cm³/mol. The zero-order chi connectivity index (χ0) is 19.4. The number of halogens is 4. The summed E-state index contributed by atoms with van der Waals surface area (Å²) in [7, 11) is 1.32. The predicted octanol–water partition coefficient (Wildman–Crippen LogP) is 1.26. The highest BCUT2D eigenvalue weighted by molar-refractivity contribution is 6.34. The molecule has 11 heteroatoms. The number of aryl methyl sites for hydroxylation is 1. The van der Waals surface area contributed by atoms with Crippen molar-refractivity contribution in [2.24, 2.45) is 7.05 Å². The highest BCUT2D eigenvalue weighted by Gasteiger charge is 2.60. The van der Waals surface area contributed by atoms with Gasteiger partial charge in [-0.05, 0) is 6.42 Å². The van der Waals surface area contributed by atoms with Crippen LogP contribution in [0.25, 0.3) is 10.8 Å². The molecule has 0 saturated carbocycles. The van der Waals surface area contributed by atoms with Crippen LogP contribution in [0.15, 0.2) is 21.9 Å². The van der Waals surface area contributed by atoms with E-state index in [9.17, 15) is 27.6 Å². The van der Waals surface area contributed by atoms with Crippen molar-refractivity contribution in [2.45, 2.75) is 25.1 Å². The Balaban J connectivity index is 2.32. The minimum atomic E-state index is -4.80. The lowest BCUT2D eigenvalue weighted by atomic mass is 9.96. The maximum Gasteiger partial charge on any atom is 0.413 e. The molecule has 140 valence electrons. The molecular formula is C15H14ClF3N4O3. The molecule has 1 aliphatic heterocycles. The van der Waals surface area contributed by atoms with E-state index in [4.69, 9.17) is 11.6 Å². The van der Waals surface area contributed by atoms with Crippen molar-refractivity contribution >= 4 is 28.3 Å². The monoisotopic (exact) mass is 390 g/mol. The third-order valence-corrected chi connectivity index (χ3v) is 5.00. The Bertz CT molecular complexity index is 1030. The standard InChI is InChI=1S/C15H14ClF3N4O3/c1-8(24)22-4-3-14(7-22,15(17,18)19)23-6-10-9(5-11(23)25)13(26)21(2)20-12(10)16/h5-6H,3-4,7H2,1-2H3. The van der Waals surface area contributed by atoms with Crippen molar-refractivity contribution in [3.05, 3.63) is 38.1 Å². The van der Waals surface area contributed by atoms with Gasteiger partial charge in [-0.3, -0.25) is 19.0 Å². The third-order valence-electron chi connectivity index (χ3n) is 4.72. The quantitative estimate of drug-likeness (QED) is 0.734. The molecule has 1 atom stereocenters. The van der Waals surface area contributed by atoms with Gasteiger partial charge in [0, 0.05) is 38.2 Å². The minimum Gasteiger partial charge on any atom is -0.340 e. The van der Waals surface area contributed by atoms with Gasteiger partial charge in [-0.2, -0.15) is 18.3 Å². The molecule has 26 heavy (non-hydrogen) atoms. The topological polar surface area (TPSA) is 77.2 Å². The number of pyridine rings is 1. The zero-order valence-electron chi connectivity index (χ0n) is 13.8. The number of hydrogen-bond acceptors (Lipinski definition) is 4. The fraction of sp³-hybridized carbons (Fsp3) is 0.467. The maximum absolute atomic E-state index is 14.0. The van der Waals surface area contributed by atoms with Crippen LogP contribution in [0.3, 0.4) is 0 Å².